The van der Waals surface area contributed by atoms with Gasteiger partial charge in [-0.25, -0.2) is 0 Å². The van der Waals surface area contributed by atoms with Crippen molar-refractivity contribution in [3.8, 4) is 5.75 Å². The van der Waals surface area contributed by atoms with Crippen LogP contribution in [0, 0.1) is 16.0 Å². The van der Waals surface area contributed by atoms with Crippen molar-refractivity contribution in [2.75, 3.05) is 18.1 Å². The van der Waals surface area contributed by atoms with E-state index in [2.05, 4.69) is 5.32 Å². The van der Waals surface area contributed by atoms with Crippen molar-refractivity contribution in [3.63, 3.8) is 0 Å². The van der Waals surface area contributed by atoms with Crippen LogP contribution in [-0.4, -0.2) is 34.0 Å². The number of phenolic OH excluding ortho intramolecular Hbond substituents is 1. The fourth-order valence-corrected chi connectivity index (χ4v) is 3.19. The van der Waals surface area contributed by atoms with Gasteiger partial charge in [-0.05, 0) is 36.0 Å². The van der Waals surface area contributed by atoms with Gasteiger partial charge in [0.1, 0.15) is 0 Å². The van der Waals surface area contributed by atoms with Gasteiger partial charge in [-0.1, -0.05) is 0 Å². The van der Waals surface area contributed by atoms with Crippen molar-refractivity contribution in [2.45, 2.75) is 6.42 Å². The van der Waals surface area contributed by atoms with Gasteiger partial charge >= 0.3 is 5.69 Å². The molecular formula is C12H14N2O4S. The number of nitrogens with one attached hydrogen (secondary N) is 1. The second-order valence-electron chi connectivity index (χ2n) is 4.40. The van der Waals surface area contributed by atoms with Crippen LogP contribution in [-0.2, 0) is 0 Å². The Kier molecular flexibility index (Phi) is 4.26. The fourth-order valence-electron chi connectivity index (χ4n) is 1.90. The molecule has 0 saturated carbocycles. The summed E-state index contributed by atoms with van der Waals surface area (Å²) in [4.78, 5) is 21.7. The molecule has 0 aromatic heterocycles. The summed E-state index contributed by atoms with van der Waals surface area (Å²) in [5.74, 6) is 1.85. The number of amides is 1. The third kappa shape index (κ3) is 3.37. The molecule has 2 rings (SSSR count). The first-order valence-corrected chi connectivity index (χ1v) is 7.06. The molecule has 0 aliphatic carbocycles. The third-order valence-electron chi connectivity index (χ3n) is 3.01. The van der Waals surface area contributed by atoms with E-state index in [1.54, 1.807) is 0 Å². The predicted octanol–water partition coefficient (Wildman–Crippen LogP) is 1.78. The Labute approximate surface area is 114 Å². The molecule has 1 heterocycles. The van der Waals surface area contributed by atoms with Gasteiger partial charge in [-0.15, -0.1) is 0 Å². The zero-order valence-corrected chi connectivity index (χ0v) is 11.0. The summed E-state index contributed by atoms with van der Waals surface area (Å²) in [6, 6.07) is 3.60. The first-order chi connectivity index (χ1) is 9.08. The minimum absolute atomic E-state index is 0.230. The van der Waals surface area contributed by atoms with Crippen LogP contribution in [0.15, 0.2) is 18.2 Å². The van der Waals surface area contributed by atoms with Crippen molar-refractivity contribution in [2.24, 2.45) is 5.92 Å². The molecule has 102 valence electrons. The Balaban J connectivity index is 1.98. The Bertz CT molecular complexity index is 501. The lowest BCUT2D eigenvalue weighted by atomic mass is 10.1. The van der Waals surface area contributed by atoms with E-state index in [-0.39, 0.29) is 11.5 Å². The Morgan fingerprint density at radius 2 is 2.37 bits per heavy atom. The van der Waals surface area contributed by atoms with Crippen molar-refractivity contribution in [1.29, 1.82) is 0 Å². The van der Waals surface area contributed by atoms with E-state index in [1.165, 1.54) is 6.07 Å². The van der Waals surface area contributed by atoms with E-state index < -0.39 is 16.4 Å². The Hall–Kier alpha value is -1.76. The second kappa shape index (κ2) is 5.92. The topological polar surface area (TPSA) is 92.5 Å². The number of nitrogens with zero attached hydrogens (tertiary/aromatic N) is 1. The highest BCUT2D eigenvalue weighted by Gasteiger charge is 2.18. The van der Waals surface area contributed by atoms with E-state index >= 15 is 0 Å². The van der Waals surface area contributed by atoms with Crippen molar-refractivity contribution < 1.29 is 14.8 Å². The third-order valence-corrected chi connectivity index (χ3v) is 4.24. The second-order valence-corrected chi connectivity index (χ2v) is 5.55. The number of hydrogen-bond acceptors (Lipinski definition) is 5. The van der Waals surface area contributed by atoms with Gasteiger partial charge in [0.05, 0.1) is 4.92 Å². The Morgan fingerprint density at radius 3 is 2.95 bits per heavy atom. The Morgan fingerprint density at radius 1 is 1.58 bits per heavy atom. The molecule has 19 heavy (non-hydrogen) atoms. The molecule has 1 fully saturated rings. The van der Waals surface area contributed by atoms with Crippen LogP contribution in [0.4, 0.5) is 5.69 Å². The van der Waals surface area contributed by atoms with Crippen LogP contribution in [0.2, 0.25) is 0 Å². The molecule has 1 aliphatic rings. The molecule has 0 spiro atoms. The van der Waals surface area contributed by atoms with Gasteiger partial charge in [0.2, 0.25) is 0 Å². The molecule has 1 atom stereocenters. The summed E-state index contributed by atoms with van der Waals surface area (Å²) in [5, 5.41) is 22.8. The molecule has 1 aromatic carbocycles. The van der Waals surface area contributed by atoms with Crippen LogP contribution < -0.4 is 5.32 Å². The van der Waals surface area contributed by atoms with E-state index in [9.17, 15) is 20.0 Å². The number of hydrogen-bond donors (Lipinski definition) is 2. The highest BCUT2D eigenvalue weighted by atomic mass is 32.2. The highest BCUT2D eigenvalue weighted by molar-refractivity contribution is 7.99. The number of phenols is 1. The average Bonchev–Trinajstić information content (AvgIpc) is 2.88. The van der Waals surface area contributed by atoms with Gasteiger partial charge in [0, 0.05) is 18.2 Å². The highest BCUT2D eigenvalue weighted by Crippen LogP contribution is 2.26. The fraction of sp³-hybridized carbons (Fsp3) is 0.417. The monoisotopic (exact) mass is 282 g/mol. The van der Waals surface area contributed by atoms with Crippen LogP contribution in [0.1, 0.15) is 16.8 Å². The van der Waals surface area contributed by atoms with Gasteiger partial charge in [0.15, 0.2) is 5.75 Å². The predicted molar refractivity (Wildman–Crippen MR) is 72.5 cm³/mol. The summed E-state index contributed by atoms with van der Waals surface area (Å²) >= 11 is 1.87. The SMILES string of the molecule is O=C(NCC1CCSC1)c1ccc([N+](=O)[O-])c(O)c1. The lowest BCUT2D eigenvalue weighted by molar-refractivity contribution is -0.385. The molecule has 6 nitrogen and oxygen atoms in total. The maximum atomic E-state index is 11.8. The number of thioether (sulfide) groups is 1. The van der Waals surface area contributed by atoms with E-state index in [1.807, 2.05) is 11.8 Å². The molecule has 1 amide bonds. The van der Waals surface area contributed by atoms with Gasteiger partial charge in [-0.2, -0.15) is 11.8 Å². The molecular weight excluding hydrogens is 268 g/mol. The number of rotatable bonds is 4. The largest absolute Gasteiger partial charge is 0.502 e. The van der Waals surface area contributed by atoms with Gasteiger partial charge < -0.3 is 10.4 Å². The number of aromatic hydroxyl groups is 1. The minimum Gasteiger partial charge on any atom is -0.502 e. The van der Waals surface area contributed by atoms with Gasteiger partial charge in [0.25, 0.3) is 5.91 Å². The molecule has 7 heteroatoms. The zero-order valence-electron chi connectivity index (χ0n) is 10.2. The molecule has 1 aliphatic heterocycles. The molecule has 0 bridgehead atoms. The van der Waals surface area contributed by atoms with E-state index in [4.69, 9.17) is 0 Å². The summed E-state index contributed by atoms with van der Waals surface area (Å²) < 4.78 is 0. The molecule has 1 aromatic rings. The maximum absolute atomic E-state index is 11.8. The first kappa shape index (κ1) is 13.7. The van der Waals surface area contributed by atoms with Crippen LogP contribution in [0.25, 0.3) is 0 Å². The molecule has 1 unspecified atom stereocenters. The van der Waals surface area contributed by atoms with Gasteiger partial charge in [-0.3, -0.25) is 14.9 Å². The molecule has 2 N–H and O–H groups in total. The quantitative estimate of drug-likeness (QED) is 0.648. The molecule has 1 saturated heterocycles. The minimum atomic E-state index is -0.688. The smallest absolute Gasteiger partial charge is 0.310 e. The summed E-state index contributed by atoms with van der Waals surface area (Å²) in [6.07, 6.45) is 1.09. The lowest BCUT2D eigenvalue weighted by Crippen LogP contribution is -2.29. The number of carbonyl (C=O) groups is 1. The maximum Gasteiger partial charge on any atom is 0.310 e. The summed E-state index contributed by atoms with van der Waals surface area (Å²) in [7, 11) is 0. The first-order valence-electron chi connectivity index (χ1n) is 5.91. The standard InChI is InChI=1S/C12H14N2O4S/c15-11-5-9(1-2-10(11)14(17)18)12(16)13-6-8-3-4-19-7-8/h1-2,5,8,15H,3-4,6-7H2,(H,13,16). The van der Waals surface area contributed by atoms with Crippen molar-refractivity contribution >= 4 is 23.4 Å². The van der Waals surface area contributed by atoms with Crippen molar-refractivity contribution in [1.82, 2.24) is 5.32 Å². The number of carbonyl (C=O) groups excluding carboxylic acids is 1. The normalized spacial score (nSPS) is 18.2. The summed E-state index contributed by atoms with van der Waals surface area (Å²) in [5.41, 5.74) is -0.169. The lowest BCUT2D eigenvalue weighted by Gasteiger charge is -2.10. The van der Waals surface area contributed by atoms with Crippen LogP contribution in [0.5, 0.6) is 5.75 Å². The average molecular weight is 282 g/mol. The molecule has 0 radical (unpaired) electrons. The number of nitro benzene ring substituents is 1. The van der Waals surface area contributed by atoms with Crippen LogP contribution >= 0.6 is 11.8 Å². The zero-order chi connectivity index (χ0) is 13.8. The summed E-state index contributed by atoms with van der Waals surface area (Å²) in [6.45, 7) is 0.601. The van der Waals surface area contributed by atoms with E-state index in [0.29, 0.717) is 12.5 Å². The number of nitro groups is 1. The van der Waals surface area contributed by atoms with Crippen molar-refractivity contribution in [3.05, 3.63) is 33.9 Å². The number of benzene rings is 1. The van der Waals surface area contributed by atoms with E-state index in [0.717, 1.165) is 30.1 Å². The van der Waals surface area contributed by atoms with Crippen LogP contribution in [0.3, 0.4) is 0 Å².